The number of hydrogen-bond donors (Lipinski definition) is 2. The van der Waals surface area contributed by atoms with Crippen molar-refractivity contribution in [2.24, 2.45) is 0 Å². The van der Waals surface area contributed by atoms with Crippen LogP contribution in [-0.2, 0) is 4.79 Å². The summed E-state index contributed by atoms with van der Waals surface area (Å²) < 4.78 is 0. The summed E-state index contributed by atoms with van der Waals surface area (Å²) >= 11 is 0. The van der Waals surface area contributed by atoms with Crippen molar-refractivity contribution in [1.29, 1.82) is 0 Å². The fraction of sp³-hybridized carbons (Fsp3) is 0.929. The predicted molar refractivity (Wildman–Crippen MR) is 75.6 cm³/mol. The molecule has 0 saturated heterocycles. The maximum atomic E-state index is 10.1. The van der Waals surface area contributed by atoms with Gasteiger partial charge in [-0.15, -0.1) is 0 Å². The summed E-state index contributed by atoms with van der Waals surface area (Å²) in [6.07, 6.45) is 11.2. The van der Waals surface area contributed by atoms with Crippen LogP contribution >= 0.6 is 0 Å². The Balaban J connectivity index is -0.000000507. The van der Waals surface area contributed by atoms with E-state index in [1.807, 2.05) is 0 Å². The highest BCUT2D eigenvalue weighted by Crippen LogP contribution is 2.09. The lowest BCUT2D eigenvalue weighted by molar-refractivity contribution is -0.305. The molecule has 18 heavy (non-hydrogen) atoms. The van der Waals surface area contributed by atoms with Gasteiger partial charge in [-0.05, 0) is 19.8 Å². The van der Waals surface area contributed by atoms with E-state index in [-0.39, 0.29) is 19.2 Å². The van der Waals surface area contributed by atoms with Gasteiger partial charge in [0.25, 0.3) is 0 Å². The van der Waals surface area contributed by atoms with Gasteiger partial charge < -0.3 is 21.2 Å². The molecular formula is C14H33NO3. The molecule has 4 nitrogen and oxygen atoms in total. The van der Waals surface area contributed by atoms with E-state index >= 15 is 0 Å². The molecule has 0 heterocycles. The number of carboxylic acid groups (broad SMARTS) is 1. The molecule has 5 N–H and O–H groups in total. The van der Waals surface area contributed by atoms with Gasteiger partial charge in [0.05, 0.1) is 0 Å². The van der Waals surface area contributed by atoms with Gasteiger partial charge >= 0.3 is 0 Å². The van der Waals surface area contributed by atoms with Gasteiger partial charge in [-0.3, -0.25) is 0 Å². The minimum Gasteiger partial charge on any atom is -0.550 e. The molecule has 0 bridgehead atoms. The van der Waals surface area contributed by atoms with Crippen molar-refractivity contribution in [3.8, 4) is 0 Å². The maximum absolute atomic E-state index is 10.1. The zero-order valence-corrected chi connectivity index (χ0v) is 12.5. The Morgan fingerprint density at radius 1 is 0.889 bits per heavy atom. The number of unbranched alkanes of at least 4 members (excludes halogenated alkanes) is 8. The first-order valence-electron chi connectivity index (χ1n) is 6.99. The fourth-order valence-electron chi connectivity index (χ4n) is 1.58. The number of carboxylic acids is 1. The number of aliphatic carboxylic acids is 1. The Kier molecular flexibility index (Phi) is 27.1. The predicted octanol–water partition coefficient (Wildman–Crippen LogP) is 3.03. The Labute approximate surface area is 112 Å². The molecule has 0 radical (unpaired) electrons. The van der Waals surface area contributed by atoms with Crippen molar-refractivity contribution < 1.29 is 15.0 Å². The van der Waals surface area contributed by atoms with Crippen molar-refractivity contribution in [3.05, 3.63) is 0 Å². The normalized spacial score (nSPS) is 9.06. The first-order chi connectivity index (χ1) is 8.18. The molecule has 0 aliphatic carbocycles. The number of aliphatic hydroxyl groups excluding tert-OH is 1. The summed E-state index contributed by atoms with van der Waals surface area (Å²) in [6, 6.07) is 0. The van der Waals surface area contributed by atoms with E-state index in [4.69, 9.17) is 5.11 Å². The van der Waals surface area contributed by atoms with Gasteiger partial charge in [-0.25, -0.2) is 0 Å². The molecule has 0 aromatic heterocycles. The third-order valence-corrected chi connectivity index (χ3v) is 2.48. The van der Waals surface area contributed by atoms with Crippen LogP contribution in [0, 0.1) is 0 Å². The molecule has 0 unspecified atom stereocenters. The quantitative estimate of drug-likeness (QED) is 0.593. The molecule has 0 aliphatic heterocycles. The number of aliphatic hydroxyl groups is 1. The van der Waals surface area contributed by atoms with Gasteiger partial charge in [0.15, 0.2) is 0 Å². The van der Waals surface area contributed by atoms with Crippen molar-refractivity contribution in [1.82, 2.24) is 6.15 Å². The molecule has 0 saturated carbocycles. The summed E-state index contributed by atoms with van der Waals surface area (Å²) in [6.45, 7) is 4.15. The highest BCUT2D eigenvalue weighted by atomic mass is 16.4. The molecule has 0 fully saturated rings. The Hall–Kier alpha value is -0.610. The van der Waals surface area contributed by atoms with Crippen LogP contribution in [-0.4, -0.2) is 17.7 Å². The second kappa shape index (κ2) is 21.7. The van der Waals surface area contributed by atoms with E-state index in [2.05, 4.69) is 6.92 Å². The standard InChI is InChI=1S/C12H24O2.C2H6O.H3N/c1-2-3-4-5-6-7-8-9-10-11-12(13)14;1-2-3;/h2-11H2,1H3,(H,13,14);3H,2H2,1H3;1H3. The lowest BCUT2D eigenvalue weighted by atomic mass is 10.1. The van der Waals surface area contributed by atoms with Crippen molar-refractivity contribution in [2.45, 2.75) is 78.1 Å². The van der Waals surface area contributed by atoms with Crippen LogP contribution in [0.2, 0.25) is 0 Å². The number of rotatable bonds is 10. The van der Waals surface area contributed by atoms with E-state index in [9.17, 15) is 9.90 Å². The minimum absolute atomic E-state index is 0. The first kappa shape index (κ1) is 22.6. The van der Waals surface area contributed by atoms with Crippen LogP contribution in [0.4, 0.5) is 0 Å². The van der Waals surface area contributed by atoms with Crippen LogP contribution in [0.5, 0.6) is 0 Å². The van der Waals surface area contributed by atoms with Gasteiger partial charge in [-0.1, -0.05) is 58.3 Å². The Bertz CT molecular complexity index is 152. The second-order valence-corrected chi connectivity index (χ2v) is 4.27. The Morgan fingerprint density at radius 2 is 1.22 bits per heavy atom. The van der Waals surface area contributed by atoms with Crippen molar-refractivity contribution in [2.75, 3.05) is 6.61 Å². The third kappa shape index (κ3) is 29.5. The molecular weight excluding hydrogens is 230 g/mol. The average Bonchev–Trinajstić information content (AvgIpc) is 2.27. The number of carbonyl (C=O) groups is 1. The van der Waals surface area contributed by atoms with E-state index in [0.29, 0.717) is 0 Å². The monoisotopic (exact) mass is 263 g/mol. The van der Waals surface area contributed by atoms with Crippen LogP contribution in [0.15, 0.2) is 0 Å². The average molecular weight is 263 g/mol. The van der Waals surface area contributed by atoms with Gasteiger partial charge in [-0.2, -0.15) is 0 Å². The lowest BCUT2D eigenvalue weighted by Gasteiger charge is -2.02. The number of carbonyl (C=O) groups excluding carboxylic acids is 1. The third-order valence-electron chi connectivity index (χ3n) is 2.48. The van der Waals surface area contributed by atoms with E-state index in [0.717, 1.165) is 12.8 Å². The molecule has 0 atom stereocenters. The number of hydrogen-bond acceptors (Lipinski definition) is 3. The van der Waals surface area contributed by atoms with Crippen LogP contribution < -0.4 is 11.3 Å². The lowest BCUT2D eigenvalue weighted by Crippen LogP contribution is -2.21. The molecule has 0 aromatic rings. The van der Waals surface area contributed by atoms with Crippen molar-refractivity contribution in [3.63, 3.8) is 0 Å². The van der Waals surface area contributed by atoms with Gasteiger partial charge in [0.2, 0.25) is 0 Å². The van der Waals surface area contributed by atoms with E-state index < -0.39 is 5.97 Å². The summed E-state index contributed by atoms with van der Waals surface area (Å²) in [5.41, 5.74) is 0. The largest absolute Gasteiger partial charge is 0.550 e. The molecule has 0 aromatic carbocycles. The maximum Gasteiger partial charge on any atom is 0.0414 e. The molecule has 112 valence electrons. The highest BCUT2D eigenvalue weighted by molar-refractivity contribution is 5.63. The van der Waals surface area contributed by atoms with Gasteiger partial charge in [0.1, 0.15) is 0 Å². The molecule has 0 amide bonds. The van der Waals surface area contributed by atoms with Crippen LogP contribution in [0.1, 0.15) is 78.1 Å². The highest BCUT2D eigenvalue weighted by Gasteiger charge is 1.92. The van der Waals surface area contributed by atoms with Crippen molar-refractivity contribution >= 4 is 5.97 Å². The zero-order valence-electron chi connectivity index (χ0n) is 12.5. The zero-order chi connectivity index (χ0) is 13.4. The molecule has 0 aliphatic rings. The first-order valence-corrected chi connectivity index (χ1v) is 6.99. The SMILES string of the molecule is CCCCCCCCCCCC(=O)[O-].CCO.[NH4+]. The van der Waals surface area contributed by atoms with Gasteiger partial charge in [0, 0.05) is 12.6 Å². The molecule has 0 rings (SSSR count). The Morgan fingerprint density at radius 3 is 1.56 bits per heavy atom. The fourth-order valence-corrected chi connectivity index (χ4v) is 1.58. The second-order valence-electron chi connectivity index (χ2n) is 4.27. The topological polar surface area (TPSA) is 96.9 Å². The minimum atomic E-state index is -0.909. The van der Waals surface area contributed by atoms with Crippen LogP contribution in [0.25, 0.3) is 0 Å². The summed E-state index contributed by atoms with van der Waals surface area (Å²) in [4.78, 5) is 10.1. The summed E-state index contributed by atoms with van der Waals surface area (Å²) in [5.74, 6) is -0.909. The van der Waals surface area contributed by atoms with Crippen LogP contribution in [0.3, 0.4) is 0 Å². The number of quaternary nitrogens is 1. The van der Waals surface area contributed by atoms with E-state index in [1.54, 1.807) is 6.92 Å². The van der Waals surface area contributed by atoms with E-state index in [1.165, 1.54) is 44.9 Å². The molecule has 0 spiro atoms. The molecule has 4 heteroatoms. The summed E-state index contributed by atoms with van der Waals surface area (Å²) in [5, 5.41) is 17.7. The summed E-state index contributed by atoms with van der Waals surface area (Å²) in [7, 11) is 0. The smallest absolute Gasteiger partial charge is 0.0414 e.